The highest BCUT2D eigenvalue weighted by Gasteiger charge is 2.88. The summed E-state index contributed by atoms with van der Waals surface area (Å²) in [5.74, 6) is -5.00. The third kappa shape index (κ3) is 2.20. The average molecular weight is 473 g/mol. The lowest BCUT2D eigenvalue weighted by atomic mass is 9.36. The number of aliphatic hydroxyl groups is 2. The highest BCUT2D eigenvalue weighted by molar-refractivity contribution is 7.11. The van der Waals surface area contributed by atoms with Crippen molar-refractivity contribution in [3.8, 4) is 0 Å². The van der Waals surface area contributed by atoms with E-state index in [0.29, 0.717) is 30.6 Å². The Morgan fingerprint density at radius 3 is 2.76 bits per heavy atom. The fourth-order valence-corrected chi connectivity index (χ4v) is 8.94. The molecular weight excluding hydrogens is 444 g/mol. The first-order chi connectivity index (χ1) is 15.5. The van der Waals surface area contributed by atoms with Crippen molar-refractivity contribution >= 4 is 28.9 Å². The van der Waals surface area contributed by atoms with Gasteiger partial charge in [-0.15, -0.1) is 11.3 Å². The second-order valence-electron chi connectivity index (χ2n) is 11.1. The Bertz CT molecular complexity index is 1090. The Balaban J connectivity index is 1.57. The third-order valence-corrected chi connectivity index (χ3v) is 10.4. The number of ketones is 2. The van der Waals surface area contributed by atoms with Crippen LogP contribution < -0.4 is 0 Å². The zero-order valence-corrected chi connectivity index (χ0v) is 19.5. The van der Waals surface area contributed by atoms with Gasteiger partial charge in [-0.1, -0.05) is 26.5 Å². The summed E-state index contributed by atoms with van der Waals surface area (Å²) in [5, 5.41) is 25.5. The number of thiophene rings is 1. The van der Waals surface area contributed by atoms with Gasteiger partial charge in [-0.25, -0.2) is 4.79 Å². The van der Waals surface area contributed by atoms with E-state index in [0.717, 1.165) is 0 Å². The van der Waals surface area contributed by atoms with Gasteiger partial charge in [0.25, 0.3) is 0 Å². The van der Waals surface area contributed by atoms with Crippen LogP contribution >= 0.6 is 11.3 Å². The maximum absolute atomic E-state index is 14.0. The lowest BCUT2D eigenvalue weighted by molar-refractivity contribution is -0.436. The lowest BCUT2D eigenvalue weighted by Gasteiger charge is -2.72. The number of ether oxygens (including phenoxy) is 2. The van der Waals surface area contributed by atoms with E-state index in [1.165, 1.54) is 11.3 Å². The van der Waals surface area contributed by atoms with E-state index in [4.69, 9.17) is 9.47 Å². The number of hydrogen-bond acceptors (Lipinski definition) is 8. The Morgan fingerprint density at radius 1 is 1.30 bits per heavy atom. The zero-order chi connectivity index (χ0) is 23.6. The molecule has 8 heteroatoms. The van der Waals surface area contributed by atoms with E-state index >= 15 is 0 Å². The number of rotatable bonds is 2. The van der Waals surface area contributed by atoms with Gasteiger partial charge in [0.2, 0.25) is 5.79 Å². The van der Waals surface area contributed by atoms with Crippen molar-refractivity contribution in [2.45, 2.75) is 57.5 Å². The minimum Gasteiger partial charge on any atom is -0.456 e. The van der Waals surface area contributed by atoms with Crippen molar-refractivity contribution in [3.05, 3.63) is 34.5 Å². The van der Waals surface area contributed by atoms with Gasteiger partial charge in [0.1, 0.15) is 28.3 Å². The van der Waals surface area contributed by atoms with Gasteiger partial charge in [0.15, 0.2) is 5.78 Å². The summed E-state index contributed by atoms with van der Waals surface area (Å²) in [4.78, 5) is 41.0. The molecule has 0 unspecified atom stereocenters. The third-order valence-electron chi connectivity index (χ3n) is 9.58. The van der Waals surface area contributed by atoms with Gasteiger partial charge < -0.3 is 19.7 Å². The molecule has 6 fully saturated rings. The normalized spacial score (nSPS) is 47.3. The predicted octanol–water partition coefficient (Wildman–Crippen LogP) is 2.51. The van der Waals surface area contributed by atoms with Crippen LogP contribution in [0.15, 0.2) is 29.7 Å². The van der Waals surface area contributed by atoms with Crippen LogP contribution in [0.1, 0.15) is 49.2 Å². The Labute approximate surface area is 195 Å². The number of hydrogen-bond donors (Lipinski definition) is 2. The molecule has 0 radical (unpaired) electrons. The minimum absolute atomic E-state index is 0.0379. The average Bonchev–Trinajstić information content (AvgIpc) is 3.35. The molecule has 4 saturated carbocycles. The summed E-state index contributed by atoms with van der Waals surface area (Å²) in [6.07, 6.45) is -0.597. The Kier molecular flexibility index (Phi) is 4.21. The molecular formula is C25H28O7S. The monoisotopic (exact) mass is 472 g/mol. The first-order valence-corrected chi connectivity index (χ1v) is 12.5. The molecule has 2 saturated heterocycles. The summed E-state index contributed by atoms with van der Waals surface area (Å²) in [6.45, 7) is 7.96. The molecule has 2 spiro atoms. The van der Waals surface area contributed by atoms with E-state index in [9.17, 15) is 24.6 Å². The number of Topliss-reactive ketones (excluding diaryl/α,β-unsaturated/α-hetero) is 2. The van der Waals surface area contributed by atoms with Crippen LogP contribution in [0, 0.1) is 34.0 Å². The summed E-state index contributed by atoms with van der Waals surface area (Å²) in [5.41, 5.74) is -3.04. The molecule has 33 heavy (non-hydrogen) atoms. The summed E-state index contributed by atoms with van der Waals surface area (Å²) < 4.78 is 11.9. The van der Waals surface area contributed by atoms with E-state index in [1.54, 1.807) is 17.5 Å². The molecule has 1 aromatic heterocycles. The van der Waals surface area contributed by atoms with Crippen molar-refractivity contribution in [2.24, 2.45) is 34.0 Å². The zero-order valence-electron chi connectivity index (χ0n) is 18.7. The molecule has 0 amide bonds. The molecule has 8 atom stereocenters. The molecule has 6 aliphatic rings. The van der Waals surface area contributed by atoms with Crippen LogP contribution in [0.2, 0.25) is 0 Å². The second kappa shape index (κ2) is 6.42. The maximum atomic E-state index is 14.0. The summed E-state index contributed by atoms with van der Waals surface area (Å²) in [7, 11) is 0. The molecule has 4 aliphatic carbocycles. The van der Waals surface area contributed by atoms with Gasteiger partial charge in [0.05, 0.1) is 12.0 Å². The fraction of sp³-hybridized carbons (Fsp3) is 0.640. The standard InChI is InChI=1S/C25H28O7S/c1-12-13-6-7-15-23-11-31-25(30,19(28)17(23)22(2,3)9-8-16(23)26)24(15,18(12)27)20(13)32-21(29)14-5-4-10-33-14/h4-5,10,13,15,17,19-20,28,30H,1,6-9,11H2,2-3H3/t13-,15-,17+,19-,20+,23+,24-,25-/m0/s1. The predicted molar refractivity (Wildman–Crippen MR) is 117 cm³/mol. The Morgan fingerprint density at radius 2 is 2.06 bits per heavy atom. The van der Waals surface area contributed by atoms with Gasteiger partial charge in [-0.05, 0) is 47.6 Å². The van der Waals surface area contributed by atoms with Crippen molar-refractivity contribution in [3.63, 3.8) is 0 Å². The lowest BCUT2D eigenvalue weighted by Crippen LogP contribution is -2.85. The Hall–Kier alpha value is -1.87. The maximum Gasteiger partial charge on any atom is 0.348 e. The summed E-state index contributed by atoms with van der Waals surface area (Å²) >= 11 is 1.22. The van der Waals surface area contributed by atoms with Crippen LogP contribution in [0.25, 0.3) is 0 Å². The minimum atomic E-state index is -2.27. The highest BCUT2D eigenvalue weighted by atomic mass is 32.1. The van der Waals surface area contributed by atoms with Gasteiger partial charge in [-0.2, -0.15) is 0 Å². The van der Waals surface area contributed by atoms with E-state index in [2.05, 4.69) is 6.58 Å². The van der Waals surface area contributed by atoms with Crippen molar-refractivity contribution in [1.82, 2.24) is 0 Å². The van der Waals surface area contributed by atoms with Gasteiger partial charge in [-0.3, -0.25) is 9.59 Å². The van der Waals surface area contributed by atoms with Crippen molar-refractivity contribution < 1.29 is 34.1 Å². The molecule has 4 bridgehead atoms. The molecule has 0 aromatic carbocycles. The van der Waals surface area contributed by atoms with Gasteiger partial charge >= 0.3 is 5.97 Å². The largest absolute Gasteiger partial charge is 0.456 e. The number of esters is 1. The van der Waals surface area contributed by atoms with Crippen LogP contribution in [0.4, 0.5) is 0 Å². The first-order valence-electron chi connectivity index (χ1n) is 11.6. The molecule has 7 nitrogen and oxygen atoms in total. The number of aliphatic hydroxyl groups excluding tert-OH is 1. The molecule has 3 heterocycles. The summed E-state index contributed by atoms with van der Waals surface area (Å²) in [6, 6.07) is 3.37. The van der Waals surface area contributed by atoms with E-state index in [1.807, 2.05) is 13.8 Å². The second-order valence-corrected chi connectivity index (χ2v) is 12.1. The van der Waals surface area contributed by atoms with Crippen LogP contribution in [0.5, 0.6) is 0 Å². The smallest absolute Gasteiger partial charge is 0.348 e. The quantitative estimate of drug-likeness (QED) is 0.503. The highest BCUT2D eigenvalue weighted by Crippen LogP contribution is 2.76. The molecule has 2 N–H and O–H groups in total. The first kappa shape index (κ1) is 21.6. The molecule has 176 valence electrons. The van der Waals surface area contributed by atoms with Crippen molar-refractivity contribution in [1.29, 1.82) is 0 Å². The number of carbonyl (C=O) groups is 3. The number of fused-ring (bicyclic) bond motifs is 2. The van der Waals surface area contributed by atoms with Crippen molar-refractivity contribution in [2.75, 3.05) is 6.61 Å². The molecule has 1 aromatic rings. The molecule has 2 aliphatic heterocycles. The van der Waals surface area contributed by atoms with Crippen LogP contribution in [-0.2, 0) is 19.1 Å². The van der Waals surface area contributed by atoms with E-state index < -0.39 is 63.7 Å². The van der Waals surface area contributed by atoms with E-state index in [-0.39, 0.29) is 18.0 Å². The SMILES string of the molecule is C=C1C(=O)[C@]23[C@H](OC(=O)c4cccs4)[C@H]1CC[C@H]2[C@@]12CO[C@@]3(O)[C@@H](O)[C@@H]1C(C)(C)CCC2=O. The fourth-order valence-electron chi connectivity index (χ4n) is 8.33. The van der Waals surface area contributed by atoms with Crippen LogP contribution in [-0.4, -0.2) is 52.4 Å². The topological polar surface area (TPSA) is 110 Å². The van der Waals surface area contributed by atoms with Crippen LogP contribution in [0.3, 0.4) is 0 Å². The van der Waals surface area contributed by atoms with Gasteiger partial charge in [0, 0.05) is 18.3 Å². The molecule has 7 rings (SSSR count). The number of carbonyl (C=O) groups excluding carboxylic acids is 3.